The molecule has 0 aliphatic heterocycles. The molecule has 1 aromatic rings. The highest BCUT2D eigenvalue weighted by Gasteiger charge is 2.16. The highest BCUT2D eigenvalue weighted by atomic mass is 35.5. The Morgan fingerprint density at radius 1 is 1.25 bits per heavy atom. The highest BCUT2D eigenvalue weighted by molar-refractivity contribution is 6.35. The minimum atomic E-state index is 0.697. The number of hydrogen-bond donors (Lipinski definition) is 1. The summed E-state index contributed by atoms with van der Waals surface area (Å²) in [4.78, 5) is 0. The molecular weight excluding hydrogens is 241 g/mol. The summed E-state index contributed by atoms with van der Waals surface area (Å²) in [6, 6.07) is 5.67. The summed E-state index contributed by atoms with van der Waals surface area (Å²) in [6.45, 7) is 1.92. The van der Waals surface area contributed by atoms with Gasteiger partial charge in [-0.1, -0.05) is 48.5 Å². The summed E-state index contributed by atoms with van der Waals surface area (Å²) in [6.07, 6.45) is 5.56. The van der Waals surface area contributed by atoms with Gasteiger partial charge in [-0.2, -0.15) is 0 Å². The van der Waals surface area contributed by atoms with Crippen molar-refractivity contribution < 1.29 is 0 Å². The maximum atomic E-state index is 6.09. The van der Waals surface area contributed by atoms with Crippen LogP contribution in [0, 0.1) is 5.92 Å². The first-order chi connectivity index (χ1) is 7.75. The predicted octanol–water partition coefficient (Wildman–Crippen LogP) is 4.27. The first-order valence-corrected chi connectivity index (χ1v) is 6.66. The topological polar surface area (TPSA) is 12.0 Å². The van der Waals surface area contributed by atoms with Gasteiger partial charge >= 0.3 is 0 Å². The number of rotatable bonds is 5. The van der Waals surface area contributed by atoms with Gasteiger partial charge in [0.1, 0.15) is 0 Å². The molecule has 0 atom stereocenters. The fourth-order valence-electron chi connectivity index (χ4n) is 1.98. The maximum absolute atomic E-state index is 6.09. The molecule has 1 aromatic carbocycles. The van der Waals surface area contributed by atoms with Crippen LogP contribution in [0.4, 0.5) is 0 Å². The van der Waals surface area contributed by atoms with Crippen LogP contribution in [0.1, 0.15) is 31.2 Å². The molecule has 1 aliphatic rings. The molecule has 1 N–H and O–H groups in total. The van der Waals surface area contributed by atoms with Gasteiger partial charge in [0.25, 0.3) is 0 Å². The summed E-state index contributed by atoms with van der Waals surface area (Å²) in [5, 5.41) is 4.88. The monoisotopic (exact) mass is 257 g/mol. The predicted molar refractivity (Wildman–Crippen MR) is 70.1 cm³/mol. The Balaban J connectivity index is 1.71. The van der Waals surface area contributed by atoms with Gasteiger partial charge in [-0.15, -0.1) is 0 Å². The zero-order valence-corrected chi connectivity index (χ0v) is 10.8. The molecule has 0 amide bonds. The summed E-state index contributed by atoms with van der Waals surface area (Å²) < 4.78 is 0. The zero-order valence-electron chi connectivity index (χ0n) is 9.31. The van der Waals surface area contributed by atoms with E-state index in [1.807, 2.05) is 12.1 Å². The highest BCUT2D eigenvalue weighted by Crippen LogP contribution is 2.28. The fraction of sp³-hybridized carbons (Fsp3) is 0.538. The second kappa shape index (κ2) is 5.90. The molecule has 1 nitrogen and oxygen atoms in total. The van der Waals surface area contributed by atoms with E-state index in [4.69, 9.17) is 23.2 Å². The third-order valence-electron chi connectivity index (χ3n) is 3.28. The second-order valence-electron chi connectivity index (χ2n) is 4.50. The first-order valence-electron chi connectivity index (χ1n) is 5.90. The van der Waals surface area contributed by atoms with Crippen molar-refractivity contribution in [3.8, 4) is 0 Å². The normalized spacial score (nSPS) is 16.1. The lowest BCUT2D eigenvalue weighted by atomic mass is 9.83. The molecule has 0 heterocycles. The van der Waals surface area contributed by atoms with Gasteiger partial charge in [-0.05, 0) is 36.6 Å². The van der Waals surface area contributed by atoms with Crippen LogP contribution in [0.25, 0.3) is 0 Å². The van der Waals surface area contributed by atoms with E-state index in [-0.39, 0.29) is 0 Å². The smallest absolute Gasteiger partial charge is 0.0465 e. The van der Waals surface area contributed by atoms with Crippen LogP contribution in [-0.4, -0.2) is 6.54 Å². The molecule has 1 saturated carbocycles. The molecule has 88 valence electrons. The minimum Gasteiger partial charge on any atom is -0.313 e. The minimum absolute atomic E-state index is 0.697. The van der Waals surface area contributed by atoms with Crippen molar-refractivity contribution >= 4 is 23.2 Å². The van der Waals surface area contributed by atoms with Crippen LogP contribution in [0.2, 0.25) is 10.0 Å². The van der Waals surface area contributed by atoms with Gasteiger partial charge in [0.2, 0.25) is 0 Å². The van der Waals surface area contributed by atoms with Crippen molar-refractivity contribution in [2.24, 2.45) is 5.92 Å². The lowest BCUT2D eigenvalue weighted by molar-refractivity contribution is 0.292. The van der Waals surface area contributed by atoms with Crippen LogP contribution in [-0.2, 0) is 6.54 Å². The third-order valence-corrected chi connectivity index (χ3v) is 3.87. The summed E-state index contributed by atoms with van der Waals surface area (Å²) >= 11 is 11.9. The first kappa shape index (κ1) is 12.2. The van der Waals surface area contributed by atoms with E-state index in [0.717, 1.165) is 29.6 Å². The number of hydrogen-bond acceptors (Lipinski definition) is 1. The molecule has 3 heteroatoms. The maximum Gasteiger partial charge on any atom is 0.0465 e. The molecule has 0 bridgehead atoms. The average molecular weight is 258 g/mol. The van der Waals surface area contributed by atoms with Crippen LogP contribution in [0.5, 0.6) is 0 Å². The van der Waals surface area contributed by atoms with E-state index in [0.29, 0.717) is 5.02 Å². The molecule has 2 rings (SSSR count). The third kappa shape index (κ3) is 3.38. The van der Waals surface area contributed by atoms with Crippen molar-refractivity contribution in [3.05, 3.63) is 33.8 Å². The second-order valence-corrected chi connectivity index (χ2v) is 5.34. The van der Waals surface area contributed by atoms with Crippen molar-refractivity contribution in [2.45, 2.75) is 32.2 Å². The summed E-state index contributed by atoms with van der Waals surface area (Å²) in [7, 11) is 0. The van der Waals surface area contributed by atoms with Crippen LogP contribution < -0.4 is 5.32 Å². The van der Waals surface area contributed by atoms with Crippen molar-refractivity contribution in [2.75, 3.05) is 6.54 Å². The lowest BCUT2D eigenvalue weighted by Gasteiger charge is -2.25. The Bertz CT molecular complexity index is 348. The Kier molecular flexibility index (Phi) is 4.51. The van der Waals surface area contributed by atoms with E-state index in [2.05, 4.69) is 5.32 Å². The van der Waals surface area contributed by atoms with Crippen LogP contribution in [0.3, 0.4) is 0 Å². The van der Waals surface area contributed by atoms with Crippen LogP contribution >= 0.6 is 23.2 Å². The molecule has 0 saturated heterocycles. The van der Waals surface area contributed by atoms with Gasteiger partial charge in [0.15, 0.2) is 0 Å². The van der Waals surface area contributed by atoms with Gasteiger partial charge in [-0.3, -0.25) is 0 Å². The van der Waals surface area contributed by atoms with E-state index in [9.17, 15) is 0 Å². The van der Waals surface area contributed by atoms with Crippen molar-refractivity contribution in [1.82, 2.24) is 5.32 Å². The quantitative estimate of drug-likeness (QED) is 0.777. The van der Waals surface area contributed by atoms with Crippen molar-refractivity contribution in [1.29, 1.82) is 0 Å². The van der Waals surface area contributed by atoms with E-state index in [1.165, 1.54) is 25.7 Å². The standard InChI is InChI=1S/C13H17Cl2N/c14-12-5-4-11(13(15)8-12)9-16-7-6-10-2-1-3-10/h4-5,8,10,16H,1-3,6-7,9H2. The molecule has 0 radical (unpaired) electrons. The zero-order chi connectivity index (χ0) is 11.4. The Morgan fingerprint density at radius 2 is 2.06 bits per heavy atom. The Morgan fingerprint density at radius 3 is 2.69 bits per heavy atom. The fourth-order valence-corrected chi connectivity index (χ4v) is 2.45. The number of benzene rings is 1. The average Bonchev–Trinajstić information content (AvgIpc) is 2.18. The molecular formula is C13H17Cl2N. The van der Waals surface area contributed by atoms with Crippen molar-refractivity contribution in [3.63, 3.8) is 0 Å². The molecule has 0 unspecified atom stereocenters. The Hall–Kier alpha value is -0.240. The molecule has 0 spiro atoms. The molecule has 0 aromatic heterocycles. The summed E-state index contributed by atoms with van der Waals surface area (Å²) in [5.74, 6) is 0.966. The molecule has 1 aliphatic carbocycles. The largest absolute Gasteiger partial charge is 0.313 e. The SMILES string of the molecule is Clc1ccc(CNCCC2CCC2)c(Cl)c1. The van der Waals surface area contributed by atoms with Crippen LogP contribution in [0.15, 0.2) is 18.2 Å². The summed E-state index contributed by atoms with van der Waals surface area (Å²) in [5.41, 5.74) is 1.12. The van der Waals surface area contributed by atoms with Gasteiger partial charge < -0.3 is 5.32 Å². The number of halogens is 2. The van der Waals surface area contributed by atoms with E-state index >= 15 is 0 Å². The Labute approximate surface area is 107 Å². The van der Waals surface area contributed by atoms with Gasteiger partial charge in [0.05, 0.1) is 0 Å². The lowest BCUT2D eigenvalue weighted by Crippen LogP contribution is -2.21. The molecule has 1 fully saturated rings. The van der Waals surface area contributed by atoms with E-state index in [1.54, 1.807) is 6.07 Å². The molecule has 16 heavy (non-hydrogen) atoms. The number of nitrogens with one attached hydrogen (secondary N) is 1. The van der Waals surface area contributed by atoms with Gasteiger partial charge in [0, 0.05) is 16.6 Å². The van der Waals surface area contributed by atoms with E-state index < -0.39 is 0 Å². The van der Waals surface area contributed by atoms with Gasteiger partial charge in [-0.25, -0.2) is 0 Å².